The highest BCUT2D eigenvalue weighted by molar-refractivity contribution is 4.94. The maximum Gasteiger partial charge on any atom is 0.213 e. The van der Waals surface area contributed by atoms with Gasteiger partial charge in [-0.1, -0.05) is 16.8 Å². The summed E-state index contributed by atoms with van der Waals surface area (Å²) >= 11 is 0. The SMILES string of the molecule is CC(C)=CCNCc1ncon1. The fourth-order valence-corrected chi connectivity index (χ4v) is 0.731. The predicted octanol–water partition coefficient (Wildman–Crippen LogP) is 1.13. The van der Waals surface area contributed by atoms with E-state index in [1.54, 1.807) is 0 Å². The minimum atomic E-state index is 0.653. The molecule has 0 unspecified atom stereocenters. The van der Waals surface area contributed by atoms with Gasteiger partial charge in [0, 0.05) is 6.54 Å². The number of hydrogen-bond donors (Lipinski definition) is 1. The minimum Gasteiger partial charge on any atom is -0.343 e. The smallest absolute Gasteiger partial charge is 0.213 e. The van der Waals surface area contributed by atoms with Crippen molar-refractivity contribution in [3.8, 4) is 0 Å². The number of hydrogen-bond acceptors (Lipinski definition) is 4. The molecule has 0 saturated heterocycles. The zero-order valence-corrected chi connectivity index (χ0v) is 7.37. The van der Waals surface area contributed by atoms with Crippen LogP contribution in [0.15, 0.2) is 22.6 Å². The van der Waals surface area contributed by atoms with Gasteiger partial charge in [-0.2, -0.15) is 4.98 Å². The van der Waals surface area contributed by atoms with E-state index >= 15 is 0 Å². The Morgan fingerprint density at radius 3 is 3.08 bits per heavy atom. The molecule has 0 saturated carbocycles. The van der Waals surface area contributed by atoms with Crippen LogP contribution in [0.1, 0.15) is 19.7 Å². The van der Waals surface area contributed by atoms with Gasteiger partial charge in [0.1, 0.15) is 0 Å². The van der Waals surface area contributed by atoms with E-state index in [1.165, 1.54) is 12.0 Å². The summed E-state index contributed by atoms with van der Waals surface area (Å²) in [7, 11) is 0. The zero-order chi connectivity index (χ0) is 8.81. The highest BCUT2D eigenvalue weighted by atomic mass is 16.5. The van der Waals surface area contributed by atoms with Crippen LogP contribution in [-0.2, 0) is 6.54 Å². The Morgan fingerprint density at radius 1 is 1.67 bits per heavy atom. The molecule has 0 spiro atoms. The van der Waals surface area contributed by atoms with Crippen molar-refractivity contribution in [2.75, 3.05) is 6.54 Å². The van der Waals surface area contributed by atoms with Gasteiger partial charge in [-0.3, -0.25) is 0 Å². The third kappa shape index (κ3) is 3.30. The number of allylic oxidation sites excluding steroid dienone is 1. The Balaban J connectivity index is 2.16. The summed E-state index contributed by atoms with van der Waals surface area (Å²) < 4.78 is 4.58. The number of rotatable bonds is 4. The van der Waals surface area contributed by atoms with Gasteiger partial charge in [0.25, 0.3) is 0 Å². The normalized spacial score (nSPS) is 9.83. The average molecular weight is 167 g/mol. The molecule has 1 heterocycles. The zero-order valence-electron chi connectivity index (χ0n) is 7.37. The first-order valence-electron chi connectivity index (χ1n) is 3.88. The molecule has 12 heavy (non-hydrogen) atoms. The Morgan fingerprint density at radius 2 is 2.50 bits per heavy atom. The van der Waals surface area contributed by atoms with Crippen LogP contribution in [0.4, 0.5) is 0 Å². The minimum absolute atomic E-state index is 0.653. The molecule has 0 aromatic carbocycles. The molecule has 1 aromatic rings. The van der Waals surface area contributed by atoms with Crippen molar-refractivity contribution < 1.29 is 4.52 Å². The number of nitrogens with zero attached hydrogens (tertiary/aromatic N) is 2. The fourth-order valence-electron chi connectivity index (χ4n) is 0.731. The van der Waals surface area contributed by atoms with Crippen LogP contribution in [0, 0.1) is 0 Å². The van der Waals surface area contributed by atoms with Crippen LogP contribution in [0.3, 0.4) is 0 Å². The van der Waals surface area contributed by atoms with E-state index < -0.39 is 0 Å². The van der Waals surface area contributed by atoms with Crippen LogP contribution in [0.2, 0.25) is 0 Å². The lowest BCUT2D eigenvalue weighted by Gasteiger charge is -1.95. The quantitative estimate of drug-likeness (QED) is 0.539. The second-order valence-electron chi connectivity index (χ2n) is 2.76. The fraction of sp³-hybridized carbons (Fsp3) is 0.500. The van der Waals surface area contributed by atoms with Crippen molar-refractivity contribution in [1.29, 1.82) is 0 Å². The molecule has 4 nitrogen and oxygen atoms in total. The molecular weight excluding hydrogens is 154 g/mol. The van der Waals surface area contributed by atoms with Gasteiger partial charge in [0.2, 0.25) is 6.39 Å². The van der Waals surface area contributed by atoms with Crippen LogP contribution in [-0.4, -0.2) is 16.7 Å². The predicted molar refractivity (Wildman–Crippen MR) is 45.4 cm³/mol. The van der Waals surface area contributed by atoms with Crippen LogP contribution in [0.5, 0.6) is 0 Å². The second-order valence-corrected chi connectivity index (χ2v) is 2.76. The van der Waals surface area contributed by atoms with Gasteiger partial charge in [-0.05, 0) is 13.8 Å². The summed E-state index contributed by atoms with van der Waals surface area (Å²) in [6, 6.07) is 0. The monoisotopic (exact) mass is 167 g/mol. The third-order valence-corrected chi connectivity index (χ3v) is 1.34. The summed E-state index contributed by atoms with van der Waals surface area (Å²) in [5, 5.41) is 6.82. The lowest BCUT2D eigenvalue weighted by atomic mass is 10.3. The molecule has 0 bridgehead atoms. The van der Waals surface area contributed by atoms with E-state index in [0.29, 0.717) is 12.4 Å². The first-order valence-corrected chi connectivity index (χ1v) is 3.88. The lowest BCUT2D eigenvalue weighted by Crippen LogP contribution is -2.14. The molecule has 0 radical (unpaired) electrons. The maximum atomic E-state index is 4.58. The van der Waals surface area contributed by atoms with Crippen molar-refractivity contribution in [2.24, 2.45) is 0 Å². The van der Waals surface area contributed by atoms with Gasteiger partial charge >= 0.3 is 0 Å². The second kappa shape index (κ2) is 4.66. The lowest BCUT2D eigenvalue weighted by molar-refractivity contribution is 0.408. The molecule has 1 rings (SSSR count). The largest absolute Gasteiger partial charge is 0.343 e. The highest BCUT2D eigenvalue weighted by Gasteiger charge is 1.94. The van der Waals surface area contributed by atoms with Gasteiger partial charge in [0.15, 0.2) is 5.82 Å². The van der Waals surface area contributed by atoms with E-state index in [2.05, 4.69) is 39.9 Å². The van der Waals surface area contributed by atoms with E-state index in [0.717, 1.165) is 6.54 Å². The van der Waals surface area contributed by atoms with Crippen molar-refractivity contribution in [1.82, 2.24) is 15.5 Å². The van der Waals surface area contributed by atoms with Crippen molar-refractivity contribution in [3.63, 3.8) is 0 Å². The highest BCUT2D eigenvalue weighted by Crippen LogP contribution is 1.88. The Bertz CT molecular complexity index is 237. The van der Waals surface area contributed by atoms with Crippen molar-refractivity contribution in [3.05, 3.63) is 23.9 Å². The summed E-state index contributed by atoms with van der Waals surface area (Å²) in [6.45, 7) is 5.63. The van der Waals surface area contributed by atoms with Crippen LogP contribution in [0.25, 0.3) is 0 Å². The number of aromatic nitrogens is 2. The molecule has 0 atom stereocenters. The number of nitrogens with one attached hydrogen (secondary N) is 1. The molecule has 0 aliphatic carbocycles. The molecule has 1 aromatic heterocycles. The van der Waals surface area contributed by atoms with Crippen molar-refractivity contribution in [2.45, 2.75) is 20.4 Å². The molecular formula is C8H13N3O. The molecule has 0 fully saturated rings. The standard InChI is InChI=1S/C8H13N3O/c1-7(2)3-4-9-5-8-10-6-12-11-8/h3,6,9H,4-5H2,1-2H3. The van der Waals surface area contributed by atoms with E-state index in [9.17, 15) is 0 Å². The Kier molecular flexibility index (Phi) is 3.47. The molecule has 4 heteroatoms. The van der Waals surface area contributed by atoms with Gasteiger partial charge in [-0.25, -0.2) is 0 Å². The van der Waals surface area contributed by atoms with Gasteiger partial charge in [0.05, 0.1) is 6.54 Å². The van der Waals surface area contributed by atoms with Gasteiger partial charge in [-0.15, -0.1) is 0 Å². The summed E-state index contributed by atoms with van der Waals surface area (Å²) in [6.07, 6.45) is 3.44. The van der Waals surface area contributed by atoms with Crippen molar-refractivity contribution >= 4 is 0 Å². The molecule has 0 aliphatic heterocycles. The van der Waals surface area contributed by atoms with E-state index in [1.807, 2.05) is 0 Å². The molecule has 1 N–H and O–H groups in total. The van der Waals surface area contributed by atoms with Crippen LogP contribution >= 0.6 is 0 Å². The summed E-state index contributed by atoms with van der Waals surface area (Å²) in [5.74, 6) is 0.692. The van der Waals surface area contributed by atoms with E-state index in [-0.39, 0.29) is 0 Å². The maximum absolute atomic E-state index is 4.58. The Labute approximate surface area is 71.7 Å². The first kappa shape index (κ1) is 8.93. The van der Waals surface area contributed by atoms with E-state index in [4.69, 9.17) is 0 Å². The first-order chi connectivity index (χ1) is 5.79. The molecule has 66 valence electrons. The Hall–Kier alpha value is -1.16. The summed E-state index contributed by atoms with van der Waals surface area (Å²) in [5.41, 5.74) is 1.30. The molecule has 0 aliphatic rings. The topological polar surface area (TPSA) is 51.0 Å². The van der Waals surface area contributed by atoms with Crippen LogP contribution < -0.4 is 5.32 Å². The molecule has 0 amide bonds. The average Bonchev–Trinajstić information content (AvgIpc) is 2.49. The summed E-state index contributed by atoms with van der Waals surface area (Å²) in [4.78, 5) is 3.87. The third-order valence-electron chi connectivity index (χ3n) is 1.34. The van der Waals surface area contributed by atoms with Gasteiger partial charge < -0.3 is 9.84 Å².